The lowest BCUT2D eigenvalue weighted by molar-refractivity contribution is -1.00. The molecule has 0 radical (unpaired) electrons. The van der Waals surface area contributed by atoms with Gasteiger partial charge >= 0.3 is 6.18 Å². The van der Waals surface area contributed by atoms with Crippen LogP contribution >= 0.6 is 0 Å². The van der Waals surface area contributed by atoms with Gasteiger partial charge in [0.25, 0.3) is 0 Å². The normalized spacial score (nSPS) is 37.3. The number of alkyl halides is 3. The Morgan fingerprint density at radius 3 is 2.08 bits per heavy atom. The predicted molar refractivity (Wildman–Crippen MR) is 87.2 cm³/mol. The monoisotopic (exact) mass is 370 g/mol. The fraction of sp³-hybridized carbons (Fsp3) is 0.750. The lowest BCUT2D eigenvalue weighted by Gasteiger charge is -2.63. The van der Waals surface area contributed by atoms with Gasteiger partial charge in [-0.2, -0.15) is 13.2 Å². The number of piperidine rings is 1. The Morgan fingerprint density at radius 1 is 0.962 bits per heavy atom. The van der Waals surface area contributed by atoms with Crippen LogP contribution in [0.3, 0.4) is 0 Å². The summed E-state index contributed by atoms with van der Waals surface area (Å²) >= 11 is 0. The highest BCUT2D eigenvalue weighted by Gasteiger charge is 2.52. The molecule has 5 aliphatic rings. The number of nitrogens with zero attached hydrogens (tertiary/aromatic N) is 7. The van der Waals surface area contributed by atoms with Gasteiger partial charge in [0.05, 0.1) is 26.0 Å². The number of hydrogen-bond acceptors (Lipinski definition) is 6. The first-order chi connectivity index (χ1) is 12.4. The molecule has 0 N–H and O–H groups in total. The van der Waals surface area contributed by atoms with Crippen molar-refractivity contribution >= 4 is 5.95 Å². The fourth-order valence-electron chi connectivity index (χ4n) is 5.20. The standard InChI is InChI=1S/C16H23F3N7/c17-16(18,19)14-1-4-20-15(21-14)25-5-2-13(3-6-25)26-10-22-7-23(11-26)9-24(8-22)12-26/h1,4,13H,2-3,5-12H2/q+1. The van der Waals surface area contributed by atoms with Crippen LogP contribution in [0.25, 0.3) is 0 Å². The molecule has 0 aliphatic carbocycles. The largest absolute Gasteiger partial charge is 0.433 e. The summed E-state index contributed by atoms with van der Waals surface area (Å²) in [6.45, 7) is 7.90. The summed E-state index contributed by atoms with van der Waals surface area (Å²) in [5, 5.41) is 0. The predicted octanol–water partition coefficient (Wildman–Crippen LogP) is 0.973. The second kappa shape index (κ2) is 5.75. The highest BCUT2D eigenvalue weighted by molar-refractivity contribution is 5.31. The van der Waals surface area contributed by atoms with Crippen molar-refractivity contribution in [3.8, 4) is 0 Å². The molecule has 6 rings (SSSR count). The first-order valence-corrected chi connectivity index (χ1v) is 9.09. The van der Waals surface area contributed by atoms with Crippen molar-refractivity contribution in [3.63, 3.8) is 0 Å². The highest BCUT2D eigenvalue weighted by atomic mass is 19.4. The van der Waals surface area contributed by atoms with Crippen LogP contribution in [0.5, 0.6) is 0 Å². The van der Waals surface area contributed by atoms with Crippen molar-refractivity contribution in [2.75, 3.05) is 58.0 Å². The Bertz CT molecular complexity index is 651. The Kier molecular flexibility index (Phi) is 3.69. The van der Waals surface area contributed by atoms with Crippen molar-refractivity contribution in [3.05, 3.63) is 18.0 Å². The molecule has 4 bridgehead atoms. The van der Waals surface area contributed by atoms with E-state index in [9.17, 15) is 13.2 Å². The third-order valence-corrected chi connectivity index (χ3v) is 6.10. The summed E-state index contributed by atoms with van der Waals surface area (Å²) in [7, 11) is 0. The minimum atomic E-state index is -4.43. The molecule has 7 nitrogen and oxygen atoms in total. The van der Waals surface area contributed by atoms with Crippen LogP contribution in [0.1, 0.15) is 18.5 Å². The molecule has 26 heavy (non-hydrogen) atoms. The van der Waals surface area contributed by atoms with E-state index in [0.29, 0.717) is 19.1 Å². The smallest absolute Gasteiger partial charge is 0.340 e. The molecule has 0 amide bonds. The maximum Gasteiger partial charge on any atom is 0.433 e. The summed E-state index contributed by atoms with van der Waals surface area (Å²) in [6, 6.07) is 1.48. The minimum Gasteiger partial charge on any atom is -0.340 e. The summed E-state index contributed by atoms with van der Waals surface area (Å²) in [4.78, 5) is 17.2. The number of anilines is 1. The topological polar surface area (TPSA) is 38.7 Å². The SMILES string of the molecule is FC(F)(F)c1ccnc(N2CCC([N+]34CN5CN(CN(C5)C3)C4)CC2)n1. The van der Waals surface area contributed by atoms with E-state index >= 15 is 0 Å². The molecule has 10 heteroatoms. The van der Waals surface area contributed by atoms with Crippen LogP contribution in [0.2, 0.25) is 0 Å². The molecule has 1 aromatic heterocycles. The van der Waals surface area contributed by atoms with Crippen LogP contribution in [-0.2, 0) is 6.18 Å². The van der Waals surface area contributed by atoms with Gasteiger partial charge in [0.15, 0.2) is 0 Å². The third kappa shape index (κ3) is 2.75. The van der Waals surface area contributed by atoms with Gasteiger partial charge in [-0.05, 0) is 6.07 Å². The van der Waals surface area contributed by atoms with E-state index in [1.54, 1.807) is 0 Å². The average molecular weight is 370 g/mol. The van der Waals surface area contributed by atoms with Crippen LogP contribution < -0.4 is 4.90 Å². The quantitative estimate of drug-likeness (QED) is 0.723. The summed E-state index contributed by atoms with van der Waals surface area (Å²) < 4.78 is 39.8. The van der Waals surface area contributed by atoms with Gasteiger partial charge in [-0.3, -0.25) is 4.48 Å². The van der Waals surface area contributed by atoms with Crippen molar-refractivity contribution in [2.24, 2.45) is 0 Å². The molecule has 0 spiro atoms. The summed E-state index contributed by atoms with van der Waals surface area (Å²) in [5.41, 5.74) is -0.866. The molecule has 1 aromatic rings. The number of hydrogen-bond donors (Lipinski definition) is 0. The summed E-state index contributed by atoms with van der Waals surface area (Å²) in [5.74, 6) is 0.201. The van der Waals surface area contributed by atoms with E-state index in [1.165, 1.54) is 6.20 Å². The Balaban J connectivity index is 1.28. The van der Waals surface area contributed by atoms with Crippen LogP contribution in [-0.4, -0.2) is 88.3 Å². The Morgan fingerprint density at radius 2 is 1.54 bits per heavy atom. The first kappa shape index (κ1) is 16.7. The maximum absolute atomic E-state index is 12.9. The second-order valence-corrected chi connectivity index (χ2v) is 8.04. The zero-order valence-electron chi connectivity index (χ0n) is 14.6. The summed E-state index contributed by atoms with van der Waals surface area (Å²) in [6.07, 6.45) is -1.28. The molecule has 0 atom stereocenters. The van der Waals surface area contributed by atoms with Crippen molar-refractivity contribution < 1.29 is 17.7 Å². The van der Waals surface area contributed by atoms with Crippen molar-refractivity contribution in [1.82, 2.24) is 24.7 Å². The van der Waals surface area contributed by atoms with Gasteiger partial charge in [0.1, 0.15) is 25.7 Å². The van der Waals surface area contributed by atoms with E-state index < -0.39 is 11.9 Å². The molecular formula is C16H23F3N7+. The number of halogens is 3. The zero-order chi connectivity index (χ0) is 17.9. The van der Waals surface area contributed by atoms with Gasteiger partial charge in [-0.15, -0.1) is 0 Å². The fourth-order valence-corrected chi connectivity index (χ4v) is 5.20. The van der Waals surface area contributed by atoms with Crippen molar-refractivity contribution in [2.45, 2.75) is 25.1 Å². The van der Waals surface area contributed by atoms with Gasteiger partial charge in [-0.1, -0.05) is 0 Å². The number of quaternary nitrogens is 1. The minimum absolute atomic E-state index is 0.201. The Hall–Kier alpha value is -1.49. The van der Waals surface area contributed by atoms with E-state index in [2.05, 4.69) is 24.7 Å². The van der Waals surface area contributed by atoms with Crippen molar-refractivity contribution in [1.29, 1.82) is 0 Å². The third-order valence-electron chi connectivity index (χ3n) is 6.10. The van der Waals surface area contributed by atoms with Crippen LogP contribution in [0.15, 0.2) is 12.3 Å². The van der Waals surface area contributed by atoms with Gasteiger partial charge in [0.2, 0.25) is 5.95 Å². The average Bonchev–Trinajstić information content (AvgIpc) is 2.60. The lowest BCUT2D eigenvalue weighted by atomic mass is 10.00. The molecule has 5 saturated heterocycles. The molecule has 0 aromatic carbocycles. The van der Waals surface area contributed by atoms with E-state index in [0.717, 1.165) is 63.4 Å². The molecule has 6 heterocycles. The molecule has 0 unspecified atom stereocenters. The van der Waals surface area contributed by atoms with E-state index in [1.807, 2.05) is 4.90 Å². The molecule has 5 fully saturated rings. The molecule has 0 saturated carbocycles. The van der Waals surface area contributed by atoms with Gasteiger partial charge < -0.3 is 4.90 Å². The first-order valence-electron chi connectivity index (χ1n) is 9.09. The van der Waals surface area contributed by atoms with Crippen LogP contribution in [0, 0.1) is 0 Å². The maximum atomic E-state index is 12.9. The second-order valence-electron chi connectivity index (χ2n) is 8.04. The Labute approximate surface area is 150 Å². The number of rotatable bonds is 2. The molecule has 5 aliphatic heterocycles. The van der Waals surface area contributed by atoms with E-state index in [-0.39, 0.29) is 5.95 Å². The highest BCUT2D eigenvalue weighted by Crippen LogP contribution is 2.35. The van der Waals surface area contributed by atoms with Crippen LogP contribution in [0.4, 0.5) is 19.1 Å². The van der Waals surface area contributed by atoms with Gasteiger partial charge in [0, 0.05) is 32.1 Å². The molecular weight excluding hydrogens is 347 g/mol. The lowest BCUT2D eigenvalue weighted by Crippen LogP contribution is -2.81. The van der Waals surface area contributed by atoms with Gasteiger partial charge in [-0.25, -0.2) is 24.7 Å². The molecule has 142 valence electrons. The van der Waals surface area contributed by atoms with E-state index in [4.69, 9.17) is 0 Å². The number of aromatic nitrogens is 2. The zero-order valence-corrected chi connectivity index (χ0v) is 14.6.